The van der Waals surface area contributed by atoms with Crippen LogP contribution in [-0.4, -0.2) is 39.6 Å². The zero-order valence-electron chi connectivity index (χ0n) is 7.11. The molecule has 0 spiro atoms. The highest BCUT2D eigenvalue weighted by Gasteiger charge is 2.33. The lowest BCUT2D eigenvalue weighted by atomic mass is 10.3. The molecule has 70 valence electrons. The lowest BCUT2D eigenvalue weighted by Gasteiger charge is -2.16. The minimum Gasteiger partial charge on any atom is -0.480 e. The average Bonchev–Trinajstić information content (AvgIpc) is 2.52. The van der Waals surface area contributed by atoms with Gasteiger partial charge in [-0.25, -0.2) is 4.79 Å². The molecule has 1 fully saturated rings. The maximum absolute atomic E-state index is 11.2. The third-order valence-electron chi connectivity index (χ3n) is 1.66. The van der Waals surface area contributed by atoms with Gasteiger partial charge in [-0.2, -0.15) is 0 Å². The number of hydrogen-bond acceptors (Lipinski definition) is 3. The molecule has 5 heteroatoms. The summed E-state index contributed by atoms with van der Waals surface area (Å²) >= 11 is 1.43. The van der Waals surface area contributed by atoms with Gasteiger partial charge in [0.15, 0.2) is 0 Å². The number of hydrogen-bond donors (Lipinski definition) is 1. The summed E-state index contributed by atoms with van der Waals surface area (Å²) in [6.07, 6.45) is 0. The van der Waals surface area contributed by atoms with Crippen molar-refractivity contribution >= 4 is 23.6 Å². The van der Waals surface area contributed by atoms with Gasteiger partial charge in [-0.05, 0) is 12.8 Å². The van der Waals surface area contributed by atoms with Crippen LogP contribution < -0.4 is 0 Å². The van der Waals surface area contributed by atoms with Crippen LogP contribution in [0.4, 0.5) is 0 Å². The smallest absolute Gasteiger partial charge is 0.327 e. The summed E-state index contributed by atoms with van der Waals surface area (Å²) < 4.78 is 0. The largest absolute Gasteiger partial charge is 0.480 e. The van der Waals surface area contributed by atoms with Crippen molar-refractivity contribution in [3.63, 3.8) is 0 Å². The van der Waals surface area contributed by atoms with E-state index in [-0.39, 0.29) is 0 Å². The summed E-state index contributed by atoms with van der Waals surface area (Å²) in [5.74, 6) is 4.30. The van der Waals surface area contributed by atoms with Gasteiger partial charge in [-0.15, -0.1) is 11.8 Å². The molecule has 13 heavy (non-hydrogen) atoms. The lowest BCUT2D eigenvalue weighted by Crippen LogP contribution is -2.41. The van der Waals surface area contributed by atoms with Gasteiger partial charge in [0.1, 0.15) is 6.04 Å². The first kappa shape index (κ1) is 9.93. The summed E-state index contributed by atoms with van der Waals surface area (Å²) in [7, 11) is 0. The van der Waals surface area contributed by atoms with Crippen LogP contribution in [0.15, 0.2) is 0 Å². The first-order valence-electron chi connectivity index (χ1n) is 3.70. The topological polar surface area (TPSA) is 57.6 Å². The fourth-order valence-electron chi connectivity index (χ4n) is 1.03. The number of rotatable bonds is 1. The normalized spacial score (nSPS) is 20.7. The van der Waals surface area contributed by atoms with E-state index in [0.717, 1.165) is 0 Å². The standard InChI is InChI=1S/C8H9NO3S/c1-2-3-7(10)9-5-13-4-6(9)8(11)12/h6H,4-5H2,1H3,(H,11,12)/t6-/m0/s1. The van der Waals surface area contributed by atoms with Crippen LogP contribution in [-0.2, 0) is 9.59 Å². The molecule has 0 unspecified atom stereocenters. The Bertz CT molecular complexity index is 291. The van der Waals surface area contributed by atoms with Crippen LogP contribution in [0.25, 0.3) is 0 Å². The van der Waals surface area contributed by atoms with Crippen molar-refractivity contribution in [3.8, 4) is 11.8 Å². The average molecular weight is 199 g/mol. The Morgan fingerprint density at radius 2 is 2.31 bits per heavy atom. The maximum atomic E-state index is 11.2. The van der Waals surface area contributed by atoms with E-state index in [1.54, 1.807) is 6.92 Å². The summed E-state index contributed by atoms with van der Waals surface area (Å²) in [6, 6.07) is -0.710. The molecule has 1 N–H and O–H groups in total. The van der Waals surface area contributed by atoms with Gasteiger partial charge in [0.25, 0.3) is 5.91 Å². The predicted molar refractivity (Wildman–Crippen MR) is 49.0 cm³/mol. The van der Waals surface area contributed by atoms with Gasteiger partial charge in [-0.3, -0.25) is 4.79 Å². The second-order valence-corrected chi connectivity index (χ2v) is 3.50. The monoisotopic (exact) mass is 199 g/mol. The molecule has 1 heterocycles. The van der Waals surface area contributed by atoms with E-state index < -0.39 is 17.9 Å². The van der Waals surface area contributed by atoms with Crippen molar-refractivity contribution in [1.29, 1.82) is 0 Å². The summed E-state index contributed by atoms with van der Waals surface area (Å²) in [4.78, 5) is 23.2. The minimum atomic E-state index is -0.962. The number of carbonyl (C=O) groups is 2. The Labute approximate surface area is 80.3 Å². The molecule has 1 atom stereocenters. The molecule has 0 aromatic carbocycles. The predicted octanol–water partition coefficient (Wildman–Crippen LogP) is -0.00420. The van der Waals surface area contributed by atoms with Crippen molar-refractivity contribution in [2.75, 3.05) is 11.6 Å². The molecule has 4 nitrogen and oxygen atoms in total. The number of nitrogens with zero attached hydrogens (tertiary/aromatic N) is 1. The Morgan fingerprint density at radius 1 is 1.62 bits per heavy atom. The van der Waals surface area contributed by atoms with Crippen LogP contribution in [0.2, 0.25) is 0 Å². The number of aliphatic carboxylic acids is 1. The van der Waals surface area contributed by atoms with Crippen molar-refractivity contribution in [2.45, 2.75) is 13.0 Å². The molecule has 0 aliphatic carbocycles. The number of carboxylic acids is 1. The highest BCUT2D eigenvalue weighted by atomic mass is 32.2. The van der Waals surface area contributed by atoms with Crippen molar-refractivity contribution < 1.29 is 14.7 Å². The van der Waals surface area contributed by atoms with Crippen molar-refractivity contribution in [2.24, 2.45) is 0 Å². The summed E-state index contributed by atoms with van der Waals surface area (Å²) in [5.41, 5.74) is 0. The molecule has 0 aromatic rings. The second-order valence-electron chi connectivity index (χ2n) is 2.50. The number of carbonyl (C=O) groups excluding carboxylic acids is 1. The van der Waals surface area contributed by atoms with Gasteiger partial charge in [0, 0.05) is 5.75 Å². The molecular weight excluding hydrogens is 190 g/mol. The quantitative estimate of drug-likeness (QED) is 0.604. The highest BCUT2D eigenvalue weighted by molar-refractivity contribution is 7.99. The Kier molecular flexibility index (Phi) is 3.20. The van der Waals surface area contributed by atoms with Crippen LogP contribution in [0, 0.1) is 11.8 Å². The molecule has 0 saturated carbocycles. The van der Waals surface area contributed by atoms with Crippen LogP contribution in [0.1, 0.15) is 6.92 Å². The fraction of sp³-hybridized carbons (Fsp3) is 0.500. The third-order valence-corrected chi connectivity index (χ3v) is 2.67. The van der Waals surface area contributed by atoms with E-state index in [1.807, 2.05) is 0 Å². The second kappa shape index (κ2) is 4.19. The summed E-state index contributed by atoms with van der Waals surface area (Å²) in [6.45, 7) is 1.55. The zero-order valence-corrected chi connectivity index (χ0v) is 7.93. The SMILES string of the molecule is CC#CC(=O)N1CSC[C@H]1C(=O)O. The van der Waals surface area contributed by atoms with E-state index in [2.05, 4.69) is 11.8 Å². The Balaban J connectivity index is 2.72. The van der Waals surface area contributed by atoms with Gasteiger partial charge in [0.2, 0.25) is 0 Å². The fourth-order valence-corrected chi connectivity index (χ4v) is 2.17. The minimum absolute atomic E-state index is 0.403. The van der Waals surface area contributed by atoms with Gasteiger partial charge < -0.3 is 10.0 Å². The molecule has 0 aromatic heterocycles. The highest BCUT2D eigenvalue weighted by Crippen LogP contribution is 2.20. The van der Waals surface area contributed by atoms with Gasteiger partial charge in [-0.1, -0.05) is 5.92 Å². The first-order chi connectivity index (χ1) is 6.16. The van der Waals surface area contributed by atoms with Gasteiger partial charge in [0.05, 0.1) is 5.88 Å². The Morgan fingerprint density at radius 3 is 2.85 bits per heavy atom. The number of amides is 1. The van der Waals surface area contributed by atoms with Crippen molar-refractivity contribution in [1.82, 2.24) is 4.90 Å². The number of thioether (sulfide) groups is 1. The van der Waals surface area contributed by atoms with Crippen LogP contribution in [0.5, 0.6) is 0 Å². The van der Waals surface area contributed by atoms with E-state index >= 15 is 0 Å². The van der Waals surface area contributed by atoms with E-state index in [1.165, 1.54) is 16.7 Å². The molecular formula is C8H9NO3S. The molecule has 1 rings (SSSR count). The lowest BCUT2D eigenvalue weighted by molar-refractivity contribution is -0.145. The van der Waals surface area contributed by atoms with E-state index in [9.17, 15) is 9.59 Å². The van der Waals surface area contributed by atoms with E-state index in [4.69, 9.17) is 5.11 Å². The molecule has 1 aliphatic heterocycles. The van der Waals surface area contributed by atoms with Crippen LogP contribution in [0.3, 0.4) is 0 Å². The molecule has 0 bridgehead atoms. The maximum Gasteiger partial charge on any atom is 0.327 e. The first-order valence-corrected chi connectivity index (χ1v) is 4.86. The zero-order chi connectivity index (χ0) is 9.84. The summed E-state index contributed by atoms with van der Waals surface area (Å²) in [5, 5.41) is 8.75. The molecule has 1 aliphatic rings. The molecule has 0 radical (unpaired) electrons. The number of carboxylic acid groups (broad SMARTS) is 1. The van der Waals surface area contributed by atoms with Gasteiger partial charge >= 0.3 is 5.97 Å². The van der Waals surface area contributed by atoms with Crippen molar-refractivity contribution in [3.05, 3.63) is 0 Å². The van der Waals surface area contributed by atoms with E-state index in [0.29, 0.717) is 11.6 Å². The third kappa shape index (κ3) is 2.16. The Hall–Kier alpha value is -1.15. The molecule has 1 amide bonds. The van der Waals surface area contributed by atoms with Crippen LogP contribution >= 0.6 is 11.8 Å². The molecule has 1 saturated heterocycles.